The highest BCUT2D eigenvalue weighted by atomic mass is 35.5. The second-order valence-corrected chi connectivity index (χ2v) is 4.79. The Balaban J connectivity index is 2.35. The lowest BCUT2D eigenvalue weighted by atomic mass is 10.0. The molecule has 20 heavy (non-hydrogen) atoms. The first-order valence-corrected chi connectivity index (χ1v) is 6.41. The summed E-state index contributed by atoms with van der Waals surface area (Å²) in [5.41, 5.74) is 1.88. The summed E-state index contributed by atoms with van der Waals surface area (Å²) in [6.45, 7) is 0. The SMILES string of the molecule is O=C(O)c1ccc2c(Cl)cnc(-c3ccccc3)c2c1. The molecule has 0 fully saturated rings. The van der Waals surface area contributed by atoms with Crippen molar-refractivity contribution in [1.29, 1.82) is 0 Å². The number of hydrogen-bond acceptors (Lipinski definition) is 2. The second-order valence-electron chi connectivity index (χ2n) is 4.39. The molecule has 1 aromatic heterocycles. The summed E-state index contributed by atoms with van der Waals surface area (Å²) in [6.07, 6.45) is 1.59. The van der Waals surface area contributed by atoms with Crippen LogP contribution in [0.1, 0.15) is 10.4 Å². The quantitative estimate of drug-likeness (QED) is 0.765. The molecule has 3 nitrogen and oxygen atoms in total. The number of aromatic carboxylic acids is 1. The van der Waals surface area contributed by atoms with Crippen molar-refractivity contribution in [1.82, 2.24) is 4.98 Å². The highest BCUT2D eigenvalue weighted by Crippen LogP contribution is 2.31. The Morgan fingerprint density at radius 3 is 2.50 bits per heavy atom. The maximum absolute atomic E-state index is 11.1. The average Bonchev–Trinajstić information content (AvgIpc) is 2.48. The van der Waals surface area contributed by atoms with Crippen LogP contribution < -0.4 is 0 Å². The van der Waals surface area contributed by atoms with Crippen LogP contribution in [0.4, 0.5) is 0 Å². The molecule has 98 valence electrons. The zero-order chi connectivity index (χ0) is 14.1. The van der Waals surface area contributed by atoms with E-state index in [0.29, 0.717) is 5.02 Å². The Morgan fingerprint density at radius 2 is 1.80 bits per heavy atom. The molecule has 0 bridgehead atoms. The van der Waals surface area contributed by atoms with Gasteiger partial charge in [-0.2, -0.15) is 0 Å². The highest BCUT2D eigenvalue weighted by molar-refractivity contribution is 6.35. The fourth-order valence-electron chi connectivity index (χ4n) is 2.17. The number of halogens is 1. The van der Waals surface area contributed by atoms with E-state index in [1.165, 1.54) is 0 Å². The van der Waals surface area contributed by atoms with Crippen molar-refractivity contribution in [2.75, 3.05) is 0 Å². The van der Waals surface area contributed by atoms with Crippen molar-refractivity contribution >= 4 is 28.3 Å². The van der Waals surface area contributed by atoms with E-state index in [2.05, 4.69) is 4.98 Å². The number of carbonyl (C=O) groups is 1. The molecule has 0 amide bonds. The third-order valence-corrected chi connectivity index (χ3v) is 3.43. The Hall–Kier alpha value is -2.39. The van der Waals surface area contributed by atoms with Crippen molar-refractivity contribution < 1.29 is 9.90 Å². The third-order valence-electron chi connectivity index (χ3n) is 3.13. The number of hydrogen-bond donors (Lipinski definition) is 1. The summed E-state index contributed by atoms with van der Waals surface area (Å²) in [5, 5.41) is 11.2. The summed E-state index contributed by atoms with van der Waals surface area (Å²) in [4.78, 5) is 15.5. The van der Waals surface area contributed by atoms with E-state index in [4.69, 9.17) is 16.7 Å². The predicted molar refractivity (Wildman–Crippen MR) is 79.1 cm³/mol. The zero-order valence-electron chi connectivity index (χ0n) is 10.4. The minimum Gasteiger partial charge on any atom is -0.478 e. The lowest BCUT2D eigenvalue weighted by Gasteiger charge is -2.08. The predicted octanol–water partition coefficient (Wildman–Crippen LogP) is 4.25. The van der Waals surface area contributed by atoms with Crippen LogP contribution in [0.5, 0.6) is 0 Å². The average molecular weight is 284 g/mol. The topological polar surface area (TPSA) is 50.2 Å². The van der Waals surface area contributed by atoms with Gasteiger partial charge in [-0.3, -0.25) is 4.98 Å². The third kappa shape index (κ3) is 2.12. The van der Waals surface area contributed by atoms with Gasteiger partial charge in [-0.1, -0.05) is 48.0 Å². The van der Waals surface area contributed by atoms with Gasteiger partial charge in [0.1, 0.15) is 0 Å². The first kappa shape index (κ1) is 12.6. The molecule has 1 N–H and O–H groups in total. The lowest BCUT2D eigenvalue weighted by molar-refractivity contribution is 0.0697. The second kappa shape index (κ2) is 4.94. The molecule has 0 saturated heterocycles. The normalized spacial score (nSPS) is 10.7. The number of carboxylic acid groups (broad SMARTS) is 1. The highest BCUT2D eigenvalue weighted by Gasteiger charge is 2.11. The van der Waals surface area contributed by atoms with Crippen LogP contribution in [0.15, 0.2) is 54.7 Å². The van der Waals surface area contributed by atoms with Gasteiger partial charge in [0.05, 0.1) is 16.3 Å². The Morgan fingerprint density at radius 1 is 1.05 bits per heavy atom. The maximum Gasteiger partial charge on any atom is 0.335 e. The first-order chi connectivity index (χ1) is 9.66. The Kier molecular flexibility index (Phi) is 3.12. The van der Waals surface area contributed by atoms with Crippen molar-refractivity contribution in [2.45, 2.75) is 0 Å². The molecule has 3 aromatic rings. The lowest BCUT2D eigenvalue weighted by Crippen LogP contribution is -1.96. The van der Waals surface area contributed by atoms with E-state index >= 15 is 0 Å². The van der Waals surface area contributed by atoms with Gasteiger partial charge in [0.15, 0.2) is 0 Å². The van der Waals surface area contributed by atoms with Gasteiger partial charge in [-0.05, 0) is 12.1 Å². The molecule has 1 heterocycles. The van der Waals surface area contributed by atoms with Crippen molar-refractivity contribution in [3.05, 3.63) is 65.3 Å². The zero-order valence-corrected chi connectivity index (χ0v) is 11.1. The summed E-state index contributed by atoms with van der Waals surface area (Å²) >= 11 is 6.14. The number of aromatic nitrogens is 1. The van der Waals surface area contributed by atoms with Gasteiger partial charge >= 0.3 is 5.97 Å². The molecule has 3 rings (SSSR count). The van der Waals surface area contributed by atoms with E-state index in [-0.39, 0.29) is 5.56 Å². The van der Waals surface area contributed by atoms with E-state index in [9.17, 15) is 4.79 Å². The number of fused-ring (bicyclic) bond motifs is 1. The minimum absolute atomic E-state index is 0.221. The van der Waals surface area contributed by atoms with E-state index in [1.807, 2.05) is 30.3 Å². The summed E-state index contributed by atoms with van der Waals surface area (Å²) in [7, 11) is 0. The monoisotopic (exact) mass is 283 g/mol. The number of carboxylic acids is 1. The molecule has 0 saturated carbocycles. The number of rotatable bonds is 2. The van der Waals surface area contributed by atoms with Gasteiger partial charge in [0.25, 0.3) is 0 Å². The summed E-state index contributed by atoms with van der Waals surface area (Å²) < 4.78 is 0. The summed E-state index contributed by atoms with van der Waals surface area (Å²) in [6, 6.07) is 14.5. The van der Waals surface area contributed by atoms with Crippen molar-refractivity contribution in [2.24, 2.45) is 0 Å². The molecular formula is C16H10ClNO2. The van der Waals surface area contributed by atoms with Crippen molar-refractivity contribution in [3.8, 4) is 11.3 Å². The maximum atomic E-state index is 11.1. The number of nitrogens with zero attached hydrogens (tertiary/aromatic N) is 1. The molecule has 0 spiro atoms. The van der Waals surface area contributed by atoms with Crippen LogP contribution in [-0.2, 0) is 0 Å². The smallest absolute Gasteiger partial charge is 0.335 e. The standard InChI is InChI=1S/C16H10ClNO2/c17-14-9-18-15(10-4-2-1-3-5-10)13-8-11(16(19)20)6-7-12(13)14/h1-9H,(H,19,20). The molecule has 0 atom stereocenters. The summed E-state index contributed by atoms with van der Waals surface area (Å²) in [5.74, 6) is -0.967. The van der Waals surface area contributed by atoms with Gasteiger partial charge < -0.3 is 5.11 Å². The van der Waals surface area contributed by atoms with Crippen LogP contribution in [0.3, 0.4) is 0 Å². The first-order valence-electron chi connectivity index (χ1n) is 6.04. The molecular weight excluding hydrogens is 274 g/mol. The number of benzene rings is 2. The van der Waals surface area contributed by atoms with Crippen LogP contribution in [-0.4, -0.2) is 16.1 Å². The fraction of sp³-hybridized carbons (Fsp3) is 0. The molecule has 0 aliphatic rings. The Bertz CT molecular complexity index is 800. The molecule has 0 aliphatic carbocycles. The molecule has 4 heteroatoms. The largest absolute Gasteiger partial charge is 0.478 e. The molecule has 0 radical (unpaired) electrons. The van der Waals surface area contributed by atoms with Gasteiger partial charge in [-0.15, -0.1) is 0 Å². The molecule has 2 aromatic carbocycles. The number of pyridine rings is 1. The van der Waals surface area contributed by atoms with E-state index in [0.717, 1.165) is 22.0 Å². The van der Waals surface area contributed by atoms with Crippen LogP contribution in [0.25, 0.3) is 22.0 Å². The van der Waals surface area contributed by atoms with Gasteiger partial charge in [-0.25, -0.2) is 4.79 Å². The molecule has 0 unspecified atom stereocenters. The van der Waals surface area contributed by atoms with Crippen molar-refractivity contribution in [3.63, 3.8) is 0 Å². The van der Waals surface area contributed by atoms with Crippen LogP contribution in [0, 0.1) is 0 Å². The van der Waals surface area contributed by atoms with Gasteiger partial charge in [0, 0.05) is 22.5 Å². The van der Waals surface area contributed by atoms with Gasteiger partial charge in [0.2, 0.25) is 0 Å². The van der Waals surface area contributed by atoms with Crippen LogP contribution >= 0.6 is 11.6 Å². The van der Waals surface area contributed by atoms with E-state index in [1.54, 1.807) is 24.4 Å². The fourth-order valence-corrected chi connectivity index (χ4v) is 2.38. The molecule has 0 aliphatic heterocycles. The Labute approximate surface area is 120 Å². The minimum atomic E-state index is -0.967. The van der Waals surface area contributed by atoms with E-state index < -0.39 is 5.97 Å². The van der Waals surface area contributed by atoms with Crippen LogP contribution in [0.2, 0.25) is 5.02 Å².